The minimum absolute atomic E-state index is 0.0640. The molecule has 1 aromatic carbocycles. The second-order valence-electron chi connectivity index (χ2n) is 8.20. The Morgan fingerprint density at radius 1 is 1.00 bits per heavy atom. The maximum Gasteiger partial charge on any atom is 0.213 e. The fraction of sp³-hybridized carbons (Fsp3) is 0.292. The van der Waals surface area contributed by atoms with E-state index in [1.165, 1.54) is 27.2 Å². The van der Waals surface area contributed by atoms with Gasteiger partial charge in [0.1, 0.15) is 34.9 Å². The quantitative estimate of drug-likeness (QED) is 0.320. The highest BCUT2D eigenvalue weighted by molar-refractivity contribution is 7.91. The Labute approximate surface area is 212 Å². The molecule has 0 saturated heterocycles. The number of methoxy groups -OCH3 is 2. The Morgan fingerprint density at radius 3 is 2.27 bits per heavy atom. The first-order chi connectivity index (χ1) is 17.7. The van der Waals surface area contributed by atoms with Crippen LogP contribution in [0.25, 0.3) is 17.2 Å². The van der Waals surface area contributed by atoms with Crippen LogP contribution >= 0.6 is 0 Å². The van der Waals surface area contributed by atoms with Crippen molar-refractivity contribution < 1.29 is 26.7 Å². The van der Waals surface area contributed by atoms with E-state index in [9.17, 15) is 17.2 Å². The molecule has 4 aromatic rings. The van der Waals surface area contributed by atoms with E-state index in [1.54, 1.807) is 37.5 Å². The van der Waals surface area contributed by atoms with Crippen molar-refractivity contribution in [3.05, 3.63) is 77.6 Å². The van der Waals surface area contributed by atoms with Crippen LogP contribution in [0.3, 0.4) is 0 Å². The van der Waals surface area contributed by atoms with Gasteiger partial charge in [0.2, 0.25) is 5.88 Å². The second-order valence-corrected chi connectivity index (χ2v) is 10.6. The highest BCUT2D eigenvalue weighted by Gasteiger charge is 2.35. The lowest BCUT2D eigenvalue weighted by Crippen LogP contribution is -2.30. The Bertz CT molecular complexity index is 1490. The van der Waals surface area contributed by atoms with E-state index in [2.05, 4.69) is 25.1 Å². The summed E-state index contributed by atoms with van der Waals surface area (Å²) < 4.78 is 68.4. The van der Waals surface area contributed by atoms with Crippen molar-refractivity contribution in [3.63, 3.8) is 0 Å². The number of pyridine rings is 1. The molecule has 2 atom stereocenters. The van der Waals surface area contributed by atoms with Crippen molar-refractivity contribution in [2.75, 3.05) is 14.2 Å². The summed E-state index contributed by atoms with van der Waals surface area (Å²) in [5, 5.41) is 6.90. The first-order valence-corrected chi connectivity index (χ1v) is 12.8. The Hall–Kier alpha value is -3.84. The fourth-order valence-corrected chi connectivity index (χ4v) is 5.14. The zero-order valence-corrected chi connectivity index (χ0v) is 21.3. The average Bonchev–Trinajstić information content (AvgIpc) is 3.27. The largest absolute Gasteiger partial charge is 0.481 e. The molecular formula is C24H24F2N6O4S. The van der Waals surface area contributed by atoms with E-state index < -0.39 is 44.3 Å². The third kappa shape index (κ3) is 5.32. The summed E-state index contributed by atoms with van der Waals surface area (Å²) in [6.07, 6.45) is 2.11. The van der Waals surface area contributed by atoms with Crippen molar-refractivity contribution in [1.29, 1.82) is 0 Å². The van der Waals surface area contributed by atoms with Crippen LogP contribution in [0.1, 0.15) is 30.2 Å². The monoisotopic (exact) mass is 530 g/mol. The van der Waals surface area contributed by atoms with Crippen LogP contribution in [0.4, 0.5) is 8.78 Å². The lowest BCUT2D eigenvalue weighted by atomic mass is 10.2. The summed E-state index contributed by atoms with van der Waals surface area (Å²) in [5.41, 5.74) is 0.442. The van der Waals surface area contributed by atoms with E-state index in [-0.39, 0.29) is 29.0 Å². The summed E-state index contributed by atoms with van der Waals surface area (Å²) in [4.78, 5) is 12.6. The number of benzene rings is 1. The molecule has 0 bridgehead atoms. The number of aryl methyl sites for hydroxylation is 1. The summed E-state index contributed by atoms with van der Waals surface area (Å²) in [6, 6.07) is 8.04. The van der Waals surface area contributed by atoms with E-state index in [0.29, 0.717) is 0 Å². The minimum Gasteiger partial charge on any atom is -0.481 e. The molecule has 3 aromatic heterocycles. The molecule has 3 heterocycles. The van der Waals surface area contributed by atoms with Crippen LogP contribution in [0.5, 0.6) is 5.88 Å². The molecule has 13 heteroatoms. The predicted octanol–water partition coefficient (Wildman–Crippen LogP) is 3.41. The number of hydrogen-bond donors (Lipinski definition) is 0. The van der Waals surface area contributed by atoms with Crippen molar-refractivity contribution >= 4 is 9.84 Å². The van der Waals surface area contributed by atoms with Gasteiger partial charge in [0, 0.05) is 25.6 Å². The first-order valence-electron chi connectivity index (χ1n) is 11.1. The Morgan fingerprint density at radius 2 is 1.65 bits per heavy atom. The van der Waals surface area contributed by atoms with Gasteiger partial charge in [-0.2, -0.15) is 0 Å². The zero-order valence-electron chi connectivity index (χ0n) is 20.5. The molecule has 0 aliphatic rings. The molecule has 37 heavy (non-hydrogen) atoms. The standard InChI is InChI=1S/C24H24F2N6O4S/c1-14-11-27-23(28-12-14)22(36-4)15(2)37(33,34)13-19-30-31-24(18-9-6-10-20(29-18)35-3)32(19)21-16(25)7-5-8-17(21)26/h5-12,15,22H,13H2,1-4H3/t15-,22-/m1/s1. The SMILES string of the molecule is COc1cccc(-c2nnc(CS(=O)(=O)[C@H](C)[C@@H](OC)c3ncc(C)cn3)n2-c2c(F)cccc2F)n1. The molecule has 194 valence electrons. The van der Waals surface area contributed by atoms with Crippen molar-refractivity contribution in [1.82, 2.24) is 29.7 Å². The maximum atomic E-state index is 14.9. The van der Waals surface area contributed by atoms with Gasteiger partial charge in [-0.1, -0.05) is 12.1 Å². The molecule has 0 radical (unpaired) electrons. The van der Waals surface area contributed by atoms with Gasteiger partial charge >= 0.3 is 0 Å². The van der Waals surface area contributed by atoms with Gasteiger partial charge in [-0.3, -0.25) is 4.57 Å². The van der Waals surface area contributed by atoms with Crippen molar-refractivity contribution in [2.24, 2.45) is 0 Å². The molecule has 0 fully saturated rings. The van der Waals surface area contributed by atoms with Crippen LogP contribution in [-0.2, 0) is 20.3 Å². The molecule has 4 rings (SSSR count). The average molecular weight is 531 g/mol. The number of halogens is 2. The lowest BCUT2D eigenvalue weighted by Gasteiger charge is -2.21. The number of nitrogens with zero attached hydrogens (tertiary/aromatic N) is 6. The number of para-hydroxylation sites is 1. The zero-order chi connectivity index (χ0) is 26.7. The Balaban J connectivity index is 1.81. The van der Waals surface area contributed by atoms with Gasteiger partial charge in [0.25, 0.3) is 0 Å². The van der Waals surface area contributed by atoms with Gasteiger partial charge in [-0.25, -0.2) is 32.2 Å². The van der Waals surface area contributed by atoms with Gasteiger partial charge < -0.3 is 9.47 Å². The molecule has 0 unspecified atom stereocenters. The van der Waals surface area contributed by atoms with E-state index in [4.69, 9.17) is 9.47 Å². The smallest absolute Gasteiger partial charge is 0.213 e. The summed E-state index contributed by atoms with van der Waals surface area (Å²) in [7, 11) is -1.27. The topological polar surface area (TPSA) is 122 Å². The molecule has 0 aliphatic carbocycles. The van der Waals surface area contributed by atoms with Crippen LogP contribution < -0.4 is 4.74 Å². The van der Waals surface area contributed by atoms with Crippen molar-refractivity contribution in [3.8, 4) is 23.1 Å². The highest BCUT2D eigenvalue weighted by Crippen LogP contribution is 2.30. The molecular weight excluding hydrogens is 506 g/mol. The molecule has 0 aliphatic heterocycles. The maximum absolute atomic E-state index is 14.9. The third-order valence-electron chi connectivity index (χ3n) is 5.69. The number of rotatable bonds is 9. The third-order valence-corrected chi connectivity index (χ3v) is 7.73. The Kier molecular flexibility index (Phi) is 7.55. The molecule has 0 N–H and O–H groups in total. The van der Waals surface area contributed by atoms with Crippen LogP contribution in [-0.4, -0.2) is 57.6 Å². The van der Waals surface area contributed by atoms with Crippen LogP contribution in [0.2, 0.25) is 0 Å². The van der Waals surface area contributed by atoms with Crippen LogP contribution in [0, 0.1) is 18.6 Å². The number of ether oxygens (including phenoxy) is 2. The molecule has 0 spiro atoms. The van der Waals surface area contributed by atoms with Gasteiger partial charge in [0.15, 0.2) is 27.3 Å². The lowest BCUT2D eigenvalue weighted by molar-refractivity contribution is 0.0947. The predicted molar refractivity (Wildman–Crippen MR) is 130 cm³/mol. The summed E-state index contributed by atoms with van der Waals surface area (Å²) in [5.74, 6) is -2.43. The van der Waals surface area contributed by atoms with E-state index in [0.717, 1.165) is 22.3 Å². The van der Waals surface area contributed by atoms with Gasteiger partial charge in [0.05, 0.1) is 12.4 Å². The van der Waals surface area contributed by atoms with Crippen LogP contribution in [0.15, 0.2) is 48.8 Å². The highest BCUT2D eigenvalue weighted by atomic mass is 32.2. The minimum atomic E-state index is -4.04. The number of sulfone groups is 1. The first kappa shape index (κ1) is 26.2. The van der Waals surface area contributed by atoms with Gasteiger partial charge in [-0.15, -0.1) is 10.2 Å². The second kappa shape index (κ2) is 10.6. The van der Waals surface area contributed by atoms with Gasteiger partial charge in [-0.05, 0) is 37.6 Å². The number of hydrogen-bond acceptors (Lipinski definition) is 9. The van der Waals surface area contributed by atoms with E-state index >= 15 is 0 Å². The molecule has 10 nitrogen and oxygen atoms in total. The molecule has 0 saturated carbocycles. The fourth-order valence-electron chi connectivity index (χ4n) is 3.72. The summed E-state index contributed by atoms with van der Waals surface area (Å²) in [6.45, 7) is 3.25. The summed E-state index contributed by atoms with van der Waals surface area (Å²) >= 11 is 0. The molecule has 0 amide bonds. The van der Waals surface area contributed by atoms with Crippen molar-refractivity contribution in [2.45, 2.75) is 31.0 Å². The number of aromatic nitrogens is 6. The normalized spacial score (nSPS) is 13.4. The van der Waals surface area contributed by atoms with E-state index in [1.807, 2.05) is 0 Å².